The third-order valence-electron chi connectivity index (χ3n) is 4.41. The van der Waals surface area contributed by atoms with Gasteiger partial charge >= 0.3 is 0 Å². The van der Waals surface area contributed by atoms with E-state index >= 15 is 0 Å². The van der Waals surface area contributed by atoms with Crippen molar-refractivity contribution in [2.24, 2.45) is 5.92 Å². The van der Waals surface area contributed by atoms with E-state index in [9.17, 15) is 0 Å². The maximum Gasteiger partial charge on any atom is 0.122 e. The van der Waals surface area contributed by atoms with Crippen LogP contribution in [0.1, 0.15) is 36.8 Å². The van der Waals surface area contributed by atoms with Gasteiger partial charge in [0.1, 0.15) is 5.75 Å². The summed E-state index contributed by atoms with van der Waals surface area (Å²) >= 11 is 0. The Morgan fingerprint density at radius 2 is 2.11 bits per heavy atom. The van der Waals surface area contributed by atoms with Crippen LogP contribution >= 0.6 is 0 Å². The highest BCUT2D eigenvalue weighted by atomic mass is 16.5. The molecule has 1 fully saturated rings. The summed E-state index contributed by atoms with van der Waals surface area (Å²) in [5.41, 5.74) is 2.85. The largest absolute Gasteiger partial charge is 0.496 e. The van der Waals surface area contributed by atoms with Crippen LogP contribution in [0.5, 0.6) is 5.75 Å². The van der Waals surface area contributed by atoms with Gasteiger partial charge < -0.3 is 9.47 Å². The van der Waals surface area contributed by atoms with Crippen LogP contribution in [-0.2, 0) is 17.6 Å². The van der Waals surface area contributed by atoms with Crippen LogP contribution in [0.2, 0.25) is 0 Å². The maximum atomic E-state index is 6.09. The average molecular weight is 246 g/mol. The van der Waals surface area contributed by atoms with E-state index in [-0.39, 0.29) is 0 Å². The smallest absolute Gasteiger partial charge is 0.122 e. The lowest BCUT2D eigenvalue weighted by atomic mass is 9.78. The number of rotatable bonds is 1. The van der Waals surface area contributed by atoms with Gasteiger partial charge in [0.2, 0.25) is 0 Å². The van der Waals surface area contributed by atoms with E-state index in [0.29, 0.717) is 12.0 Å². The first-order chi connectivity index (χ1) is 8.88. The molecule has 1 heterocycles. The monoisotopic (exact) mass is 246 g/mol. The van der Waals surface area contributed by atoms with Crippen molar-refractivity contribution < 1.29 is 9.47 Å². The van der Waals surface area contributed by atoms with Gasteiger partial charge in [0.05, 0.1) is 13.2 Å². The molecular formula is C16H22O2. The minimum Gasteiger partial charge on any atom is -0.496 e. The predicted octanol–water partition coefficient (Wildman–Crippen LogP) is 3.37. The number of fused-ring (bicyclic) bond motifs is 2. The lowest BCUT2D eigenvalue weighted by Gasteiger charge is -2.35. The fraction of sp³-hybridized carbons (Fsp3) is 0.625. The Hall–Kier alpha value is -1.02. The van der Waals surface area contributed by atoms with Crippen molar-refractivity contribution in [1.82, 2.24) is 0 Å². The quantitative estimate of drug-likeness (QED) is 0.756. The highest BCUT2D eigenvalue weighted by molar-refractivity contribution is 5.42. The van der Waals surface area contributed by atoms with Crippen molar-refractivity contribution in [2.45, 2.75) is 44.6 Å². The van der Waals surface area contributed by atoms with E-state index < -0.39 is 0 Å². The minimum absolute atomic E-state index is 0.411. The lowest BCUT2D eigenvalue weighted by molar-refractivity contribution is -0.00669. The summed E-state index contributed by atoms with van der Waals surface area (Å²) in [7, 11) is 1.76. The molecule has 0 radical (unpaired) electrons. The molecule has 1 aromatic carbocycles. The zero-order valence-corrected chi connectivity index (χ0v) is 11.2. The Bertz CT molecular complexity index is 414. The summed E-state index contributed by atoms with van der Waals surface area (Å²) in [5.74, 6) is 1.75. The molecule has 0 unspecified atom stereocenters. The Morgan fingerprint density at radius 1 is 1.17 bits per heavy atom. The van der Waals surface area contributed by atoms with Gasteiger partial charge in [0.15, 0.2) is 0 Å². The molecular weight excluding hydrogens is 224 g/mol. The molecule has 1 saturated heterocycles. The molecule has 18 heavy (non-hydrogen) atoms. The SMILES string of the molecule is COc1cccc2c1C[C@H]1OCCCCC[C@@H]1C2. The highest BCUT2D eigenvalue weighted by Gasteiger charge is 2.31. The van der Waals surface area contributed by atoms with Crippen molar-refractivity contribution in [3.63, 3.8) is 0 Å². The number of ether oxygens (including phenoxy) is 2. The van der Waals surface area contributed by atoms with Crippen LogP contribution in [0.15, 0.2) is 18.2 Å². The molecule has 1 aromatic rings. The van der Waals surface area contributed by atoms with E-state index in [1.54, 1.807) is 7.11 Å². The Morgan fingerprint density at radius 3 is 3.00 bits per heavy atom. The zero-order valence-electron chi connectivity index (χ0n) is 11.2. The minimum atomic E-state index is 0.411. The molecule has 0 bridgehead atoms. The van der Waals surface area contributed by atoms with Crippen molar-refractivity contribution in [2.75, 3.05) is 13.7 Å². The summed E-state index contributed by atoms with van der Waals surface area (Å²) in [5, 5.41) is 0. The first-order valence-corrected chi connectivity index (χ1v) is 7.15. The topological polar surface area (TPSA) is 18.5 Å². The molecule has 2 atom stereocenters. The summed E-state index contributed by atoms with van der Waals surface area (Å²) in [6.45, 7) is 0.936. The van der Waals surface area contributed by atoms with Gasteiger partial charge in [-0.3, -0.25) is 0 Å². The second-order valence-electron chi connectivity index (χ2n) is 5.52. The standard InChI is InChI=1S/C16H22O2/c1-17-15-8-5-7-12-10-13-6-3-2-4-9-18-16(13)11-14(12)15/h5,7-8,13,16H,2-4,6,9-11H2,1H3/t13-,16-/m1/s1. The molecule has 2 nitrogen and oxygen atoms in total. The first kappa shape index (κ1) is 12.0. The summed E-state index contributed by atoms with van der Waals surface area (Å²) in [6.07, 6.45) is 7.84. The molecule has 2 aliphatic rings. The number of methoxy groups -OCH3 is 1. The molecule has 0 aromatic heterocycles. The lowest BCUT2D eigenvalue weighted by Crippen LogP contribution is -2.34. The third-order valence-corrected chi connectivity index (χ3v) is 4.41. The Kier molecular flexibility index (Phi) is 3.55. The highest BCUT2D eigenvalue weighted by Crippen LogP contribution is 2.36. The van der Waals surface area contributed by atoms with Crippen molar-refractivity contribution in [3.05, 3.63) is 29.3 Å². The summed E-state index contributed by atoms with van der Waals surface area (Å²) < 4.78 is 11.6. The van der Waals surface area contributed by atoms with E-state index in [1.165, 1.54) is 36.8 Å². The maximum absolute atomic E-state index is 6.09. The Labute approximate surface area is 109 Å². The van der Waals surface area contributed by atoms with E-state index in [2.05, 4.69) is 18.2 Å². The van der Waals surface area contributed by atoms with Gasteiger partial charge in [-0.15, -0.1) is 0 Å². The second-order valence-corrected chi connectivity index (χ2v) is 5.52. The van der Waals surface area contributed by atoms with E-state index in [4.69, 9.17) is 9.47 Å². The van der Waals surface area contributed by atoms with Gasteiger partial charge in [-0.05, 0) is 42.4 Å². The Balaban J connectivity index is 1.87. The van der Waals surface area contributed by atoms with Crippen LogP contribution in [0.4, 0.5) is 0 Å². The average Bonchev–Trinajstić information content (AvgIpc) is 2.38. The van der Waals surface area contributed by atoms with Gasteiger partial charge in [-0.2, -0.15) is 0 Å². The third kappa shape index (κ3) is 2.26. The summed E-state index contributed by atoms with van der Waals surface area (Å²) in [4.78, 5) is 0. The molecule has 98 valence electrons. The van der Waals surface area contributed by atoms with Crippen molar-refractivity contribution >= 4 is 0 Å². The molecule has 0 saturated carbocycles. The number of hydrogen-bond donors (Lipinski definition) is 0. The molecule has 2 heteroatoms. The van der Waals surface area contributed by atoms with Crippen LogP contribution in [0.25, 0.3) is 0 Å². The summed E-state index contributed by atoms with van der Waals surface area (Å²) in [6, 6.07) is 6.44. The normalized spacial score (nSPS) is 27.6. The van der Waals surface area contributed by atoms with Crippen LogP contribution in [-0.4, -0.2) is 19.8 Å². The van der Waals surface area contributed by atoms with Gasteiger partial charge in [-0.25, -0.2) is 0 Å². The van der Waals surface area contributed by atoms with Crippen LogP contribution in [0, 0.1) is 5.92 Å². The van der Waals surface area contributed by atoms with Gasteiger partial charge in [0.25, 0.3) is 0 Å². The molecule has 1 aliphatic carbocycles. The van der Waals surface area contributed by atoms with Crippen molar-refractivity contribution in [1.29, 1.82) is 0 Å². The van der Waals surface area contributed by atoms with Crippen LogP contribution in [0.3, 0.4) is 0 Å². The fourth-order valence-electron chi connectivity index (χ4n) is 3.41. The molecule has 1 aliphatic heterocycles. The molecule has 0 N–H and O–H groups in total. The zero-order chi connectivity index (χ0) is 12.4. The van der Waals surface area contributed by atoms with E-state index in [0.717, 1.165) is 25.2 Å². The molecule has 3 rings (SSSR count). The number of benzene rings is 1. The van der Waals surface area contributed by atoms with E-state index in [1.807, 2.05) is 0 Å². The van der Waals surface area contributed by atoms with Gasteiger partial charge in [-0.1, -0.05) is 25.0 Å². The first-order valence-electron chi connectivity index (χ1n) is 7.15. The number of hydrogen-bond acceptors (Lipinski definition) is 2. The van der Waals surface area contributed by atoms with Crippen LogP contribution < -0.4 is 4.74 Å². The van der Waals surface area contributed by atoms with Crippen molar-refractivity contribution in [3.8, 4) is 5.75 Å². The fourth-order valence-corrected chi connectivity index (χ4v) is 3.41. The molecule has 0 amide bonds. The van der Waals surface area contributed by atoms with Gasteiger partial charge in [0, 0.05) is 13.0 Å². The second kappa shape index (κ2) is 5.31. The predicted molar refractivity (Wildman–Crippen MR) is 72.1 cm³/mol. The molecule has 0 spiro atoms.